The van der Waals surface area contributed by atoms with Gasteiger partial charge in [0.05, 0.1) is 11.5 Å². The summed E-state index contributed by atoms with van der Waals surface area (Å²) in [5, 5.41) is 12.0. The molecule has 0 fully saturated rings. The van der Waals surface area contributed by atoms with Gasteiger partial charge in [-0.15, -0.1) is 0 Å². The van der Waals surface area contributed by atoms with Crippen molar-refractivity contribution in [3.05, 3.63) is 65.2 Å². The fraction of sp³-hybridized carbons (Fsp3) is 0.286. The van der Waals surface area contributed by atoms with Crippen LogP contribution in [0.5, 0.6) is 0 Å². The summed E-state index contributed by atoms with van der Waals surface area (Å²) in [5.41, 5.74) is 2.33. The van der Waals surface area contributed by atoms with Crippen LogP contribution >= 0.6 is 11.8 Å². The number of amides is 1. The van der Waals surface area contributed by atoms with Crippen molar-refractivity contribution >= 4 is 64.0 Å². The van der Waals surface area contributed by atoms with Crippen molar-refractivity contribution in [2.75, 3.05) is 11.1 Å². The van der Waals surface area contributed by atoms with E-state index in [1.807, 2.05) is 30.3 Å². The standard InChI is InChI=1S/C21H23NO4S.Na.H/c1-3-19(23)27-13-17(11-15-7-5-4-6-8-15)20(24)22-18-10-14(2)9-16(12-18)21(25)26;;/h4-10,12,17H,3,11,13H2,1-2H3,(H,22,24)(H,25,26);;. The van der Waals surface area contributed by atoms with E-state index >= 15 is 0 Å². The summed E-state index contributed by atoms with van der Waals surface area (Å²) in [6, 6.07) is 14.3. The van der Waals surface area contributed by atoms with E-state index in [2.05, 4.69) is 5.32 Å². The monoisotopic (exact) mass is 409 g/mol. The van der Waals surface area contributed by atoms with Crippen LogP contribution < -0.4 is 5.32 Å². The third kappa shape index (κ3) is 7.80. The van der Waals surface area contributed by atoms with Crippen LogP contribution in [0.1, 0.15) is 34.8 Å². The summed E-state index contributed by atoms with van der Waals surface area (Å²) in [6.07, 6.45) is 0.929. The first-order chi connectivity index (χ1) is 12.9. The molecule has 0 saturated carbocycles. The fourth-order valence-electron chi connectivity index (χ4n) is 2.64. The van der Waals surface area contributed by atoms with E-state index in [1.165, 1.54) is 6.07 Å². The molecular formula is C21H24NNaO4S. The second-order valence-electron chi connectivity index (χ2n) is 6.31. The van der Waals surface area contributed by atoms with Gasteiger partial charge in [-0.05, 0) is 42.7 Å². The number of carboxylic acid groups (broad SMARTS) is 1. The molecule has 1 unspecified atom stereocenters. The first kappa shape index (κ1) is 24.4. The summed E-state index contributed by atoms with van der Waals surface area (Å²) >= 11 is 1.16. The maximum absolute atomic E-state index is 12.8. The van der Waals surface area contributed by atoms with Crippen molar-refractivity contribution in [1.82, 2.24) is 0 Å². The van der Waals surface area contributed by atoms with E-state index < -0.39 is 11.9 Å². The van der Waals surface area contributed by atoms with Crippen molar-refractivity contribution in [2.45, 2.75) is 26.7 Å². The van der Waals surface area contributed by atoms with Crippen LogP contribution in [-0.4, -0.2) is 57.4 Å². The van der Waals surface area contributed by atoms with Crippen molar-refractivity contribution < 1.29 is 19.5 Å². The molecule has 0 aliphatic carbocycles. The molecule has 1 atom stereocenters. The molecule has 144 valence electrons. The number of carbonyl (C=O) groups excluding carboxylic acids is 2. The molecule has 2 rings (SSSR count). The summed E-state index contributed by atoms with van der Waals surface area (Å²) in [7, 11) is 0. The van der Waals surface area contributed by atoms with Gasteiger partial charge in [0.15, 0.2) is 5.12 Å². The zero-order valence-electron chi connectivity index (χ0n) is 15.4. The molecule has 2 aromatic carbocycles. The number of hydrogen-bond acceptors (Lipinski definition) is 4. The molecule has 0 bridgehead atoms. The molecule has 0 spiro atoms. The predicted octanol–water partition coefficient (Wildman–Crippen LogP) is 3.51. The number of anilines is 1. The quantitative estimate of drug-likeness (QED) is 0.652. The number of aromatic carboxylic acids is 1. The number of benzene rings is 2. The van der Waals surface area contributed by atoms with Gasteiger partial charge in [-0.3, -0.25) is 9.59 Å². The van der Waals surface area contributed by atoms with E-state index in [0.717, 1.165) is 22.9 Å². The zero-order valence-corrected chi connectivity index (χ0v) is 16.2. The Hall–Kier alpha value is -1.60. The molecule has 0 aliphatic rings. The first-order valence-corrected chi connectivity index (χ1v) is 9.73. The summed E-state index contributed by atoms with van der Waals surface area (Å²) in [6.45, 7) is 3.57. The van der Waals surface area contributed by atoms with Gasteiger partial charge in [-0.1, -0.05) is 49.0 Å². The molecule has 0 saturated heterocycles. The predicted molar refractivity (Wildman–Crippen MR) is 115 cm³/mol. The Bertz CT molecular complexity index is 826. The first-order valence-electron chi connectivity index (χ1n) is 8.74. The van der Waals surface area contributed by atoms with Crippen LogP contribution in [0, 0.1) is 12.8 Å². The average Bonchev–Trinajstić information content (AvgIpc) is 2.64. The molecule has 2 N–H and O–H groups in total. The Morgan fingerprint density at radius 2 is 1.79 bits per heavy atom. The maximum atomic E-state index is 12.8. The van der Waals surface area contributed by atoms with Crippen molar-refractivity contribution in [3.8, 4) is 0 Å². The zero-order chi connectivity index (χ0) is 19.8. The molecule has 1 amide bonds. The van der Waals surface area contributed by atoms with Crippen molar-refractivity contribution in [1.29, 1.82) is 0 Å². The van der Waals surface area contributed by atoms with Crippen LogP contribution in [0.3, 0.4) is 0 Å². The van der Waals surface area contributed by atoms with Gasteiger partial charge in [-0.25, -0.2) is 4.79 Å². The summed E-state index contributed by atoms with van der Waals surface area (Å²) < 4.78 is 0. The average molecular weight is 409 g/mol. The number of aryl methyl sites for hydroxylation is 1. The number of carbonyl (C=O) groups is 3. The molecule has 0 radical (unpaired) electrons. The van der Waals surface area contributed by atoms with Crippen LogP contribution in [0.2, 0.25) is 0 Å². The minimum atomic E-state index is -1.04. The van der Waals surface area contributed by atoms with Crippen LogP contribution in [0.4, 0.5) is 5.69 Å². The number of thioether (sulfide) groups is 1. The molecule has 0 aliphatic heterocycles. The van der Waals surface area contributed by atoms with Gasteiger partial charge in [0.25, 0.3) is 0 Å². The molecule has 0 aromatic heterocycles. The molecular weight excluding hydrogens is 385 g/mol. The SMILES string of the molecule is CCC(=O)SCC(Cc1ccccc1)C(=O)Nc1cc(C)cc(C(=O)O)c1.[NaH]. The fourth-order valence-corrected chi connectivity index (χ4v) is 3.51. The summed E-state index contributed by atoms with van der Waals surface area (Å²) in [4.78, 5) is 35.7. The Labute approximate surface area is 191 Å². The minimum absolute atomic E-state index is 0. The second kappa shape index (κ2) is 12.1. The van der Waals surface area contributed by atoms with Gasteiger partial charge in [0.1, 0.15) is 0 Å². The van der Waals surface area contributed by atoms with Crippen LogP contribution in [0.15, 0.2) is 48.5 Å². The van der Waals surface area contributed by atoms with E-state index in [1.54, 1.807) is 26.0 Å². The third-order valence-corrected chi connectivity index (χ3v) is 5.20. The number of rotatable bonds is 8. The van der Waals surface area contributed by atoms with Gasteiger partial charge >= 0.3 is 35.5 Å². The van der Waals surface area contributed by atoms with Crippen LogP contribution in [0.25, 0.3) is 0 Å². The summed E-state index contributed by atoms with van der Waals surface area (Å²) in [5.74, 6) is -1.29. The Morgan fingerprint density at radius 1 is 1.11 bits per heavy atom. The van der Waals surface area contributed by atoms with E-state index in [-0.39, 0.29) is 46.1 Å². The molecule has 5 nitrogen and oxygen atoms in total. The van der Waals surface area contributed by atoms with E-state index in [4.69, 9.17) is 0 Å². The third-order valence-electron chi connectivity index (χ3n) is 4.02. The normalized spacial score (nSPS) is 11.2. The number of hydrogen-bond donors (Lipinski definition) is 2. The van der Waals surface area contributed by atoms with E-state index in [0.29, 0.717) is 24.3 Å². The Morgan fingerprint density at radius 3 is 2.39 bits per heavy atom. The van der Waals surface area contributed by atoms with Gasteiger partial charge in [-0.2, -0.15) is 0 Å². The van der Waals surface area contributed by atoms with Gasteiger partial charge in [0, 0.05) is 17.9 Å². The van der Waals surface area contributed by atoms with Crippen LogP contribution in [-0.2, 0) is 16.0 Å². The Kier molecular flexibility index (Phi) is 10.5. The molecule has 7 heteroatoms. The van der Waals surface area contributed by atoms with E-state index in [9.17, 15) is 19.5 Å². The number of carboxylic acids is 1. The van der Waals surface area contributed by atoms with Crippen molar-refractivity contribution in [2.24, 2.45) is 5.92 Å². The molecule has 28 heavy (non-hydrogen) atoms. The van der Waals surface area contributed by atoms with Gasteiger partial charge in [0.2, 0.25) is 5.91 Å². The second-order valence-corrected chi connectivity index (χ2v) is 7.38. The molecule has 2 aromatic rings. The Balaban J connectivity index is 0.00000392. The van der Waals surface area contributed by atoms with Crippen molar-refractivity contribution in [3.63, 3.8) is 0 Å². The topological polar surface area (TPSA) is 83.5 Å². The number of nitrogens with one attached hydrogen (secondary N) is 1. The van der Waals surface area contributed by atoms with Gasteiger partial charge < -0.3 is 10.4 Å². The molecule has 0 heterocycles.